The van der Waals surface area contributed by atoms with Gasteiger partial charge in [-0.3, -0.25) is 4.79 Å². The number of aromatic nitrogens is 5. The number of nitrogens with one attached hydrogen (secondary N) is 2. The zero-order valence-corrected chi connectivity index (χ0v) is 13.7. The van der Waals surface area contributed by atoms with Crippen LogP contribution in [0.3, 0.4) is 0 Å². The van der Waals surface area contributed by atoms with Crippen LogP contribution in [0.15, 0.2) is 59.4 Å². The van der Waals surface area contributed by atoms with E-state index in [4.69, 9.17) is 11.6 Å². The number of aromatic amines is 1. The summed E-state index contributed by atoms with van der Waals surface area (Å²) in [4.78, 5) is 12.3. The zero-order chi connectivity index (χ0) is 17.2. The van der Waals surface area contributed by atoms with E-state index >= 15 is 0 Å². The van der Waals surface area contributed by atoms with Gasteiger partial charge in [-0.2, -0.15) is 5.10 Å². The molecule has 2 aromatic carbocycles. The van der Waals surface area contributed by atoms with Gasteiger partial charge in [-0.15, -0.1) is 5.10 Å². The molecule has 0 atom stereocenters. The van der Waals surface area contributed by atoms with Crippen LogP contribution in [0, 0.1) is 0 Å². The maximum Gasteiger partial charge on any atom is 0.292 e. The summed E-state index contributed by atoms with van der Waals surface area (Å²) in [5.74, 6) is 0.436. The minimum absolute atomic E-state index is 0.341. The molecule has 0 bridgehead atoms. The largest absolute Gasteiger partial charge is 0.337 e. The lowest BCUT2D eigenvalue weighted by Gasteiger charge is -2.06. The number of H-pyrrole nitrogens is 1. The van der Waals surface area contributed by atoms with Crippen LogP contribution in [0.5, 0.6) is 0 Å². The van der Waals surface area contributed by atoms with Crippen molar-refractivity contribution in [3.63, 3.8) is 0 Å². The van der Waals surface area contributed by atoms with Crippen LogP contribution in [0.25, 0.3) is 11.0 Å². The number of rotatable bonds is 4. The van der Waals surface area contributed by atoms with E-state index in [1.807, 2.05) is 48.5 Å². The molecule has 2 aromatic heterocycles. The Hall–Kier alpha value is -3.19. The topological polar surface area (TPSA) is 88.5 Å². The van der Waals surface area contributed by atoms with Gasteiger partial charge in [-0.25, -0.2) is 9.78 Å². The monoisotopic (exact) mass is 352 g/mol. The zero-order valence-electron chi connectivity index (χ0n) is 13.0. The Morgan fingerprint density at radius 2 is 1.84 bits per heavy atom. The molecule has 2 N–H and O–H groups in total. The SMILES string of the molecule is O=c1[nH]nc(Nc2ccccc2)c2nnn(Cc3ccccc3Cl)c12. The second kappa shape index (κ2) is 6.37. The van der Waals surface area contributed by atoms with Gasteiger partial charge in [-0.1, -0.05) is 53.2 Å². The van der Waals surface area contributed by atoms with Gasteiger partial charge in [-0.05, 0) is 23.8 Å². The fourth-order valence-electron chi connectivity index (χ4n) is 2.55. The molecule has 0 fully saturated rings. The smallest absolute Gasteiger partial charge is 0.292 e. The maximum absolute atomic E-state index is 12.3. The third-order valence-electron chi connectivity index (χ3n) is 3.76. The van der Waals surface area contributed by atoms with Crippen LogP contribution in [-0.4, -0.2) is 25.2 Å². The van der Waals surface area contributed by atoms with E-state index in [2.05, 4.69) is 25.8 Å². The quantitative estimate of drug-likeness (QED) is 0.589. The molecule has 2 heterocycles. The third kappa shape index (κ3) is 2.97. The van der Waals surface area contributed by atoms with Crippen molar-refractivity contribution >= 4 is 34.1 Å². The summed E-state index contributed by atoms with van der Waals surface area (Å²) in [6.07, 6.45) is 0. The normalized spacial score (nSPS) is 10.9. The van der Waals surface area contributed by atoms with E-state index < -0.39 is 0 Å². The van der Waals surface area contributed by atoms with E-state index in [1.165, 1.54) is 4.68 Å². The minimum Gasteiger partial charge on any atom is -0.337 e. The number of hydrogen-bond acceptors (Lipinski definition) is 5. The summed E-state index contributed by atoms with van der Waals surface area (Å²) < 4.78 is 1.52. The minimum atomic E-state index is -0.356. The van der Waals surface area contributed by atoms with Crippen molar-refractivity contribution in [1.29, 1.82) is 0 Å². The molecule has 124 valence electrons. The highest BCUT2D eigenvalue weighted by molar-refractivity contribution is 6.31. The van der Waals surface area contributed by atoms with E-state index in [0.717, 1.165) is 11.3 Å². The van der Waals surface area contributed by atoms with Crippen LogP contribution in [0.1, 0.15) is 5.56 Å². The van der Waals surface area contributed by atoms with Gasteiger partial charge in [0, 0.05) is 10.7 Å². The first-order valence-electron chi connectivity index (χ1n) is 7.60. The standard InChI is InChI=1S/C17H13ClN6O/c18-13-9-5-4-6-11(13)10-24-15-14(20-23-24)16(21-22-17(15)25)19-12-7-2-1-3-8-12/h1-9H,10H2,(H,19,21)(H,22,25). The van der Waals surface area contributed by atoms with Crippen LogP contribution in [0.4, 0.5) is 11.5 Å². The molecule has 0 aliphatic heterocycles. The predicted molar refractivity (Wildman–Crippen MR) is 96.2 cm³/mol. The Bertz CT molecular complexity index is 1090. The number of para-hydroxylation sites is 1. The summed E-state index contributed by atoms with van der Waals surface area (Å²) in [5.41, 5.74) is 2.08. The number of nitrogens with zero attached hydrogens (tertiary/aromatic N) is 4. The molecule has 0 saturated carbocycles. The summed E-state index contributed by atoms with van der Waals surface area (Å²) in [6, 6.07) is 16.9. The molecule has 0 unspecified atom stereocenters. The highest BCUT2D eigenvalue weighted by Gasteiger charge is 2.15. The maximum atomic E-state index is 12.3. The van der Waals surface area contributed by atoms with Crippen molar-refractivity contribution in [3.05, 3.63) is 75.5 Å². The number of hydrogen-bond donors (Lipinski definition) is 2. The summed E-state index contributed by atoms with van der Waals surface area (Å²) in [7, 11) is 0. The molecule has 0 saturated heterocycles. The number of benzene rings is 2. The Balaban J connectivity index is 1.77. The first kappa shape index (κ1) is 15.3. The van der Waals surface area contributed by atoms with Gasteiger partial charge >= 0.3 is 0 Å². The van der Waals surface area contributed by atoms with Crippen LogP contribution < -0.4 is 10.9 Å². The molecule has 4 aromatic rings. The fraction of sp³-hybridized carbons (Fsp3) is 0.0588. The summed E-state index contributed by atoms with van der Waals surface area (Å²) >= 11 is 6.20. The number of fused-ring (bicyclic) bond motifs is 1. The van der Waals surface area contributed by atoms with Gasteiger partial charge in [0.05, 0.1) is 6.54 Å². The van der Waals surface area contributed by atoms with Gasteiger partial charge in [0.2, 0.25) is 0 Å². The fourth-order valence-corrected chi connectivity index (χ4v) is 2.75. The molecule has 0 radical (unpaired) electrons. The van der Waals surface area contributed by atoms with Crippen LogP contribution in [0.2, 0.25) is 5.02 Å². The Morgan fingerprint density at radius 1 is 1.08 bits per heavy atom. The molecular weight excluding hydrogens is 340 g/mol. The molecule has 4 rings (SSSR count). The Kier molecular flexibility index (Phi) is 3.91. The second-order valence-electron chi connectivity index (χ2n) is 5.43. The molecule has 0 aliphatic rings. The third-order valence-corrected chi connectivity index (χ3v) is 4.13. The van der Waals surface area contributed by atoms with Gasteiger partial charge in [0.1, 0.15) is 0 Å². The average Bonchev–Trinajstić information content (AvgIpc) is 3.05. The van der Waals surface area contributed by atoms with E-state index in [-0.39, 0.29) is 5.56 Å². The van der Waals surface area contributed by atoms with Crippen LogP contribution >= 0.6 is 11.6 Å². The lowest BCUT2D eigenvalue weighted by molar-refractivity contribution is 0.667. The number of halogens is 1. The van der Waals surface area contributed by atoms with Crippen molar-refractivity contribution in [2.75, 3.05) is 5.32 Å². The van der Waals surface area contributed by atoms with Gasteiger partial charge in [0.15, 0.2) is 16.9 Å². The molecule has 7 nitrogen and oxygen atoms in total. The number of anilines is 2. The Morgan fingerprint density at radius 3 is 2.64 bits per heavy atom. The van der Waals surface area contributed by atoms with Gasteiger partial charge < -0.3 is 5.32 Å². The molecule has 8 heteroatoms. The molecule has 0 amide bonds. The van der Waals surface area contributed by atoms with Crippen LogP contribution in [-0.2, 0) is 6.54 Å². The summed E-state index contributed by atoms with van der Waals surface area (Å²) in [5, 5.41) is 18.5. The van der Waals surface area contributed by atoms with Gasteiger partial charge in [0.25, 0.3) is 5.56 Å². The van der Waals surface area contributed by atoms with Crippen molar-refractivity contribution in [3.8, 4) is 0 Å². The van der Waals surface area contributed by atoms with E-state index in [9.17, 15) is 4.79 Å². The molecule has 25 heavy (non-hydrogen) atoms. The average molecular weight is 353 g/mol. The lowest BCUT2D eigenvalue weighted by Crippen LogP contribution is -2.15. The highest BCUT2D eigenvalue weighted by Crippen LogP contribution is 2.21. The molecular formula is C17H13ClN6O. The second-order valence-corrected chi connectivity index (χ2v) is 5.84. The van der Waals surface area contributed by atoms with Crippen molar-refractivity contribution < 1.29 is 0 Å². The molecule has 0 aliphatic carbocycles. The van der Waals surface area contributed by atoms with Crippen molar-refractivity contribution in [1.82, 2.24) is 25.2 Å². The van der Waals surface area contributed by atoms with E-state index in [1.54, 1.807) is 6.07 Å². The first-order chi connectivity index (χ1) is 12.2. The predicted octanol–water partition coefficient (Wildman–Crippen LogP) is 2.96. The summed E-state index contributed by atoms with van der Waals surface area (Å²) in [6.45, 7) is 0.341. The molecule has 0 spiro atoms. The van der Waals surface area contributed by atoms with E-state index in [0.29, 0.717) is 28.4 Å². The Labute approximate surface area is 147 Å². The van der Waals surface area contributed by atoms with Crippen molar-refractivity contribution in [2.24, 2.45) is 0 Å². The van der Waals surface area contributed by atoms with Crippen molar-refractivity contribution in [2.45, 2.75) is 6.54 Å². The highest BCUT2D eigenvalue weighted by atomic mass is 35.5. The first-order valence-corrected chi connectivity index (χ1v) is 7.97. The lowest BCUT2D eigenvalue weighted by atomic mass is 10.2.